The second-order valence-corrected chi connectivity index (χ2v) is 5.34. The van der Waals surface area contributed by atoms with Crippen molar-refractivity contribution >= 4 is 5.91 Å². The summed E-state index contributed by atoms with van der Waals surface area (Å²) >= 11 is 0. The molecule has 0 spiro atoms. The molecule has 0 aromatic carbocycles. The molecule has 2 unspecified atom stereocenters. The third-order valence-corrected chi connectivity index (χ3v) is 4.17. The van der Waals surface area contributed by atoms with Crippen LogP contribution in [0.25, 0.3) is 0 Å². The van der Waals surface area contributed by atoms with E-state index in [1.165, 1.54) is 19.4 Å². The van der Waals surface area contributed by atoms with Crippen LogP contribution in [0.4, 0.5) is 0 Å². The molecule has 2 heterocycles. The minimum atomic E-state index is 0.0490. The van der Waals surface area contributed by atoms with Crippen molar-refractivity contribution in [3.05, 3.63) is 0 Å². The van der Waals surface area contributed by atoms with Crippen LogP contribution >= 0.6 is 0 Å². The van der Waals surface area contributed by atoms with E-state index >= 15 is 0 Å². The van der Waals surface area contributed by atoms with E-state index in [0.717, 1.165) is 32.5 Å². The number of carbonyl (C=O) groups excluding carboxylic acids is 1. The molecule has 4 heteroatoms. The van der Waals surface area contributed by atoms with E-state index in [1.807, 2.05) is 0 Å². The molecule has 17 heavy (non-hydrogen) atoms. The van der Waals surface area contributed by atoms with Crippen molar-refractivity contribution in [2.75, 3.05) is 32.7 Å². The number of nitrogens with zero attached hydrogens (tertiary/aromatic N) is 2. The zero-order chi connectivity index (χ0) is 12.3. The van der Waals surface area contributed by atoms with Crippen LogP contribution in [0.2, 0.25) is 0 Å². The first-order valence-corrected chi connectivity index (χ1v) is 6.99. The van der Waals surface area contributed by atoms with Gasteiger partial charge in [-0.15, -0.1) is 0 Å². The van der Waals surface area contributed by atoms with E-state index in [-0.39, 0.29) is 5.92 Å². The summed E-state index contributed by atoms with van der Waals surface area (Å²) in [6, 6.07) is 0.618. The standard InChI is InChI=1S/C13H25N3O/c1-2-4-11(9-14)13(17)16-8-7-15-6-3-5-12(15)10-16/h11-12H,2-10,14H2,1H3. The van der Waals surface area contributed by atoms with Crippen molar-refractivity contribution in [1.82, 2.24) is 9.80 Å². The molecule has 2 rings (SSSR count). The van der Waals surface area contributed by atoms with Gasteiger partial charge in [0, 0.05) is 32.2 Å². The summed E-state index contributed by atoms with van der Waals surface area (Å²) in [5, 5.41) is 0. The maximum atomic E-state index is 12.3. The molecule has 0 aliphatic carbocycles. The first kappa shape index (κ1) is 12.8. The van der Waals surface area contributed by atoms with Gasteiger partial charge >= 0.3 is 0 Å². The molecule has 98 valence electrons. The highest BCUT2D eigenvalue weighted by Gasteiger charge is 2.34. The molecule has 4 nitrogen and oxygen atoms in total. The number of amides is 1. The van der Waals surface area contributed by atoms with Crippen molar-refractivity contribution in [1.29, 1.82) is 0 Å². The molecule has 0 saturated carbocycles. The van der Waals surface area contributed by atoms with Crippen molar-refractivity contribution < 1.29 is 4.79 Å². The molecule has 2 atom stereocenters. The molecular weight excluding hydrogens is 214 g/mol. The smallest absolute Gasteiger partial charge is 0.227 e. The largest absolute Gasteiger partial charge is 0.340 e. The number of nitrogens with two attached hydrogens (primary N) is 1. The number of hydrogen-bond acceptors (Lipinski definition) is 3. The lowest BCUT2D eigenvalue weighted by Gasteiger charge is -2.38. The lowest BCUT2D eigenvalue weighted by molar-refractivity contribution is -0.138. The quantitative estimate of drug-likeness (QED) is 0.784. The van der Waals surface area contributed by atoms with Crippen LogP contribution in [0, 0.1) is 5.92 Å². The van der Waals surface area contributed by atoms with Gasteiger partial charge in [0.25, 0.3) is 0 Å². The van der Waals surface area contributed by atoms with Crippen molar-refractivity contribution in [2.24, 2.45) is 11.7 Å². The Morgan fingerprint density at radius 3 is 2.94 bits per heavy atom. The Hall–Kier alpha value is -0.610. The lowest BCUT2D eigenvalue weighted by atomic mass is 10.0. The summed E-state index contributed by atoms with van der Waals surface area (Å²) in [5.74, 6) is 0.342. The Balaban J connectivity index is 1.91. The highest BCUT2D eigenvalue weighted by Crippen LogP contribution is 2.22. The molecule has 2 aliphatic heterocycles. The SMILES string of the molecule is CCCC(CN)C(=O)N1CCN2CCCC2C1. The van der Waals surface area contributed by atoms with Gasteiger partial charge in [0.2, 0.25) is 5.91 Å². The lowest BCUT2D eigenvalue weighted by Crippen LogP contribution is -2.54. The maximum Gasteiger partial charge on any atom is 0.227 e. The average Bonchev–Trinajstić information content (AvgIpc) is 2.82. The van der Waals surface area contributed by atoms with Gasteiger partial charge in [-0.05, 0) is 25.8 Å². The number of rotatable bonds is 4. The third kappa shape index (κ3) is 2.80. The molecule has 0 aromatic heterocycles. The molecule has 2 N–H and O–H groups in total. The highest BCUT2D eigenvalue weighted by atomic mass is 16.2. The van der Waals surface area contributed by atoms with E-state index < -0.39 is 0 Å². The van der Waals surface area contributed by atoms with Crippen LogP contribution in [0.15, 0.2) is 0 Å². The minimum absolute atomic E-state index is 0.0490. The second kappa shape index (κ2) is 5.83. The zero-order valence-electron chi connectivity index (χ0n) is 10.9. The van der Waals surface area contributed by atoms with Crippen LogP contribution in [0.3, 0.4) is 0 Å². The number of carbonyl (C=O) groups is 1. The van der Waals surface area contributed by atoms with Crippen LogP contribution in [0.5, 0.6) is 0 Å². The zero-order valence-corrected chi connectivity index (χ0v) is 10.9. The van der Waals surface area contributed by atoms with Gasteiger partial charge in [0.05, 0.1) is 5.92 Å². The minimum Gasteiger partial charge on any atom is -0.340 e. The summed E-state index contributed by atoms with van der Waals surface area (Å²) in [4.78, 5) is 16.9. The predicted octanol–water partition coefficient (Wildman–Crippen LogP) is 0.668. The van der Waals surface area contributed by atoms with E-state index in [0.29, 0.717) is 18.5 Å². The summed E-state index contributed by atoms with van der Waals surface area (Å²) in [5.41, 5.74) is 5.72. The fraction of sp³-hybridized carbons (Fsp3) is 0.923. The van der Waals surface area contributed by atoms with E-state index in [2.05, 4.69) is 16.7 Å². The van der Waals surface area contributed by atoms with Crippen molar-refractivity contribution in [2.45, 2.75) is 38.6 Å². The van der Waals surface area contributed by atoms with Gasteiger partial charge < -0.3 is 10.6 Å². The van der Waals surface area contributed by atoms with Gasteiger partial charge in [0.15, 0.2) is 0 Å². The summed E-state index contributed by atoms with van der Waals surface area (Å²) in [6.07, 6.45) is 4.52. The van der Waals surface area contributed by atoms with Gasteiger partial charge in [-0.1, -0.05) is 13.3 Å². The van der Waals surface area contributed by atoms with Crippen LogP contribution < -0.4 is 5.73 Å². The van der Waals surface area contributed by atoms with E-state index in [1.54, 1.807) is 0 Å². The normalized spacial score (nSPS) is 26.9. The molecule has 1 amide bonds. The van der Waals surface area contributed by atoms with Gasteiger partial charge in [-0.25, -0.2) is 0 Å². The first-order valence-electron chi connectivity index (χ1n) is 6.99. The molecule has 0 radical (unpaired) electrons. The number of fused-ring (bicyclic) bond motifs is 1. The van der Waals surface area contributed by atoms with Crippen LogP contribution in [-0.2, 0) is 4.79 Å². The van der Waals surface area contributed by atoms with E-state index in [4.69, 9.17) is 5.73 Å². The Morgan fingerprint density at radius 2 is 2.24 bits per heavy atom. The molecule has 0 aromatic rings. The molecular formula is C13H25N3O. The average molecular weight is 239 g/mol. The van der Waals surface area contributed by atoms with Gasteiger partial charge in [0.1, 0.15) is 0 Å². The summed E-state index contributed by atoms with van der Waals surface area (Å²) in [6.45, 7) is 6.72. The molecule has 2 saturated heterocycles. The summed E-state index contributed by atoms with van der Waals surface area (Å²) in [7, 11) is 0. The highest BCUT2D eigenvalue weighted by molar-refractivity contribution is 5.79. The molecule has 2 fully saturated rings. The van der Waals surface area contributed by atoms with E-state index in [9.17, 15) is 4.79 Å². The maximum absolute atomic E-state index is 12.3. The summed E-state index contributed by atoms with van der Waals surface area (Å²) < 4.78 is 0. The Kier molecular flexibility index (Phi) is 4.40. The molecule has 2 aliphatic rings. The monoisotopic (exact) mass is 239 g/mol. The first-order chi connectivity index (χ1) is 8.26. The fourth-order valence-electron chi connectivity index (χ4n) is 3.14. The molecule has 0 bridgehead atoms. The van der Waals surface area contributed by atoms with Crippen molar-refractivity contribution in [3.63, 3.8) is 0 Å². The van der Waals surface area contributed by atoms with Gasteiger partial charge in [-0.2, -0.15) is 0 Å². The van der Waals surface area contributed by atoms with Gasteiger partial charge in [-0.3, -0.25) is 9.69 Å². The fourth-order valence-corrected chi connectivity index (χ4v) is 3.14. The number of piperazine rings is 1. The topological polar surface area (TPSA) is 49.6 Å². The second-order valence-electron chi connectivity index (χ2n) is 5.34. The van der Waals surface area contributed by atoms with Crippen LogP contribution in [-0.4, -0.2) is 54.5 Å². The predicted molar refractivity (Wildman–Crippen MR) is 68.6 cm³/mol. The Bertz CT molecular complexity index is 269. The Morgan fingerprint density at radius 1 is 1.41 bits per heavy atom. The number of hydrogen-bond donors (Lipinski definition) is 1. The van der Waals surface area contributed by atoms with Crippen molar-refractivity contribution in [3.8, 4) is 0 Å². The third-order valence-electron chi connectivity index (χ3n) is 4.17. The van der Waals surface area contributed by atoms with Crippen LogP contribution in [0.1, 0.15) is 32.6 Å². The Labute approximate surface area is 104 Å².